The summed E-state index contributed by atoms with van der Waals surface area (Å²) in [5, 5.41) is 8.38. The van der Waals surface area contributed by atoms with Crippen LogP contribution in [0.25, 0.3) is 0 Å². The highest BCUT2D eigenvalue weighted by Gasteiger charge is 1.96. The Balaban J connectivity index is -0.0000000359. The Morgan fingerprint density at radius 2 is 0.595 bits per heavy atom. The van der Waals surface area contributed by atoms with E-state index >= 15 is 0 Å². The summed E-state index contributed by atoms with van der Waals surface area (Å²) in [7, 11) is 3.00. The molecule has 0 bridgehead atoms. The van der Waals surface area contributed by atoms with Gasteiger partial charge in [-0.3, -0.25) is 0 Å². The molecule has 4 heteroatoms. The molecule has 0 radical (unpaired) electrons. The molecule has 0 aliphatic rings. The first-order chi connectivity index (χ1) is 20.1. The molecule has 0 aromatic heterocycles. The number of carbonyl (C=O) groups is 1. The fraction of sp³-hybridized carbons (Fsp3) is 0.500. The minimum atomic E-state index is -0.879. The maximum absolute atomic E-state index is 10.2. The molecular weight excluding hydrogens is 516 g/mol. The third kappa shape index (κ3) is 76.7. The molecule has 4 nitrogen and oxygen atoms in total. The first kappa shape index (κ1) is 67.0. The minimum Gasteiger partial charge on any atom is -0.478 e. The van der Waals surface area contributed by atoms with Gasteiger partial charge in [-0.15, -0.1) is 0 Å². The molecule has 3 aromatic rings. The van der Waals surface area contributed by atoms with Crippen LogP contribution < -0.4 is 11.5 Å². The summed E-state index contributed by atoms with van der Waals surface area (Å²) < 4.78 is 0. The van der Waals surface area contributed by atoms with Crippen molar-refractivity contribution in [1.29, 1.82) is 0 Å². The lowest BCUT2D eigenvalue weighted by Crippen LogP contribution is -1.93. The quantitative estimate of drug-likeness (QED) is 0.261. The number of aromatic carboxylic acids is 1. The molecule has 252 valence electrons. The van der Waals surface area contributed by atoms with Crippen LogP contribution in [0.2, 0.25) is 0 Å². The van der Waals surface area contributed by atoms with Crippen LogP contribution in [-0.4, -0.2) is 25.2 Å². The van der Waals surface area contributed by atoms with Crippen molar-refractivity contribution in [2.24, 2.45) is 11.5 Å². The Kier molecular flexibility index (Phi) is 144. The summed E-state index contributed by atoms with van der Waals surface area (Å²) >= 11 is 0. The van der Waals surface area contributed by atoms with Crippen molar-refractivity contribution in [2.45, 2.75) is 118 Å². The Morgan fingerprint density at radius 1 is 0.429 bits per heavy atom. The highest BCUT2D eigenvalue weighted by molar-refractivity contribution is 5.87. The molecule has 0 unspecified atom stereocenters. The summed E-state index contributed by atoms with van der Waals surface area (Å²) in [6, 6.07) is 28.8. The van der Waals surface area contributed by atoms with E-state index in [0.29, 0.717) is 5.56 Å². The predicted molar refractivity (Wildman–Crippen MR) is 202 cm³/mol. The van der Waals surface area contributed by atoms with E-state index in [9.17, 15) is 4.79 Å². The molecule has 3 aromatic carbocycles. The Bertz CT molecular complexity index is 638. The molecule has 42 heavy (non-hydrogen) atoms. The van der Waals surface area contributed by atoms with Gasteiger partial charge in [-0.2, -0.15) is 0 Å². The van der Waals surface area contributed by atoms with E-state index in [2.05, 4.69) is 49.6 Å². The van der Waals surface area contributed by atoms with Crippen LogP contribution in [0.1, 0.15) is 126 Å². The number of hydrogen-bond donors (Lipinski definition) is 3. The SMILES string of the molecule is C.CC.CC.CC.CC.CC.CC.CC.CN.CN.Cc1ccccc1.Cc1ccccc1.O=C(O)c1ccccc1. The molecular formula is C38H78N2O2. The smallest absolute Gasteiger partial charge is 0.335 e. The standard InChI is InChI=1S/C7H6O2.2C7H8.7C2H6.2CH5N.CH4/c8-7(9)6-4-2-1-3-5-6;2*1-7-5-3-2-4-6-7;9*1-2;/h1-5H,(H,8,9);2*2-6H,1H3;7*1-2H3;2*2H2,1H3;1H4. The second-order valence-corrected chi connectivity index (χ2v) is 4.98. The van der Waals surface area contributed by atoms with E-state index in [1.807, 2.05) is 133 Å². The van der Waals surface area contributed by atoms with E-state index < -0.39 is 5.97 Å². The van der Waals surface area contributed by atoms with E-state index in [1.54, 1.807) is 30.3 Å². The van der Waals surface area contributed by atoms with Crippen molar-refractivity contribution in [3.63, 3.8) is 0 Å². The van der Waals surface area contributed by atoms with E-state index in [-0.39, 0.29) is 7.43 Å². The molecule has 3 rings (SSSR count). The number of benzene rings is 3. The van der Waals surface area contributed by atoms with Crippen molar-refractivity contribution >= 4 is 5.97 Å². The fourth-order valence-electron chi connectivity index (χ4n) is 1.65. The van der Waals surface area contributed by atoms with Gasteiger partial charge in [-0.1, -0.05) is 194 Å². The van der Waals surface area contributed by atoms with Gasteiger partial charge in [0.1, 0.15) is 0 Å². The summed E-state index contributed by atoms with van der Waals surface area (Å²) in [6.07, 6.45) is 0. The molecule has 0 saturated carbocycles. The van der Waals surface area contributed by atoms with Crippen LogP contribution in [0.3, 0.4) is 0 Å². The molecule has 0 atom stereocenters. The van der Waals surface area contributed by atoms with E-state index in [1.165, 1.54) is 25.2 Å². The lowest BCUT2D eigenvalue weighted by molar-refractivity contribution is 0.0697. The number of nitrogens with two attached hydrogens (primary N) is 2. The zero-order valence-corrected chi connectivity index (χ0v) is 30.7. The van der Waals surface area contributed by atoms with Gasteiger partial charge < -0.3 is 16.6 Å². The molecule has 0 amide bonds. The lowest BCUT2D eigenvalue weighted by atomic mass is 10.2. The van der Waals surface area contributed by atoms with Crippen molar-refractivity contribution in [3.8, 4) is 0 Å². The zero-order valence-electron chi connectivity index (χ0n) is 30.7. The average Bonchev–Trinajstić information content (AvgIpc) is 3.11. The van der Waals surface area contributed by atoms with Gasteiger partial charge in [0.25, 0.3) is 0 Å². The second kappa shape index (κ2) is 90.3. The van der Waals surface area contributed by atoms with Crippen LogP contribution in [0, 0.1) is 13.8 Å². The maximum atomic E-state index is 10.2. The third-order valence-corrected chi connectivity index (χ3v) is 2.90. The van der Waals surface area contributed by atoms with Crippen LogP contribution in [0.5, 0.6) is 0 Å². The number of hydrogen-bond acceptors (Lipinski definition) is 3. The van der Waals surface area contributed by atoms with Gasteiger partial charge >= 0.3 is 5.97 Å². The molecule has 0 fully saturated rings. The highest BCUT2D eigenvalue weighted by atomic mass is 16.4. The second-order valence-electron chi connectivity index (χ2n) is 4.98. The number of aryl methyl sites for hydroxylation is 2. The van der Waals surface area contributed by atoms with Gasteiger partial charge in [0.15, 0.2) is 0 Å². The normalized spacial score (nSPS) is 6.10. The van der Waals surface area contributed by atoms with Gasteiger partial charge in [0, 0.05) is 0 Å². The topological polar surface area (TPSA) is 89.3 Å². The third-order valence-electron chi connectivity index (χ3n) is 2.90. The van der Waals surface area contributed by atoms with E-state index in [4.69, 9.17) is 5.11 Å². The fourth-order valence-corrected chi connectivity index (χ4v) is 1.65. The largest absolute Gasteiger partial charge is 0.478 e. The number of rotatable bonds is 1. The Labute approximate surface area is 267 Å². The first-order valence-corrected chi connectivity index (χ1v) is 15.6. The zero-order chi connectivity index (χ0) is 34.9. The summed E-state index contributed by atoms with van der Waals surface area (Å²) in [5.74, 6) is -0.879. The Hall–Kier alpha value is -2.95. The monoisotopic (exact) mass is 595 g/mol. The average molecular weight is 595 g/mol. The van der Waals surface area contributed by atoms with Crippen LogP contribution in [0.15, 0.2) is 91.0 Å². The maximum Gasteiger partial charge on any atom is 0.335 e. The van der Waals surface area contributed by atoms with Crippen LogP contribution in [-0.2, 0) is 0 Å². The molecule has 5 N–H and O–H groups in total. The van der Waals surface area contributed by atoms with Gasteiger partial charge in [0.05, 0.1) is 5.56 Å². The Morgan fingerprint density at radius 3 is 0.690 bits per heavy atom. The van der Waals surface area contributed by atoms with Gasteiger partial charge in [0.2, 0.25) is 0 Å². The molecule has 0 saturated heterocycles. The minimum absolute atomic E-state index is 0. The van der Waals surface area contributed by atoms with Gasteiger partial charge in [-0.25, -0.2) is 4.79 Å². The lowest BCUT2D eigenvalue weighted by Gasteiger charge is -1.88. The predicted octanol–water partition coefficient (Wildman–Crippen LogP) is 12.3. The van der Waals surface area contributed by atoms with Crippen molar-refractivity contribution in [1.82, 2.24) is 0 Å². The number of carboxylic acid groups (broad SMARTS) is 1. The molecule has 0 aliphatic heterocycles. The summed E-state index contributed by atoms with van der Waals surface area (Å²) in [5.41, 5.74) is 12.0. The molecule has 0 heterocycles. The van der Waals surface area contributed by atoms with E-state index in [0.717, 1.165) is 0 Å². The first-order valence-electron chi connectivity index (χ1n) is 15.6. The summed E-state index contributed by atoms with van der Waals surface area (Å²) in [4.78, 5) is 10.2. The number of carboxylic acids is 1. The molecule has 0 spiro atoms. The summed E-state index contributed by atoms with van der Waals surface area (Å²) in [6.45, 7) is 32.2. The highest BCUT2D eigenvalue weighted by Crippen LogP contribution is 1.96. The van der Waals surface area contributed by atoms with Gasteiger partial charge in [-0.05, 0) is 40.1 Å². The van der Waals surface area contributed by atoms with Crippen LogP contribution in [0.4, 0.5) is 0 Å². The van der Waals surface area contributed by atoms with Crippen molar-refractivity contribution < 1.29 is 9.90 Å². The van der Waals surface area contributed by atoms with Crippen LogP contribution >= 0.6 is 0 Å². The molecule has 0 aliphatic carbocycles. The van der Waals surface area contributed by atoms with Crippen molar-refractivity contribution in [2.75, 3.05) is 14.1 Å². The van der Waals surface area contributed by atoms with Crippen molar-refractivity contribution in [3.05, 3.63) is 108 Å².